The summed E-state index contributed by atoms with van der Waals surface area (Å²) in [5.41, 5.74) is 2.54. The highest BCUT2D eigenvalue weighted by Gasteiger charge is 2.19. The van der Waals surface area contributed by atoms with E-state index in [2.05, 4.69) is 15.2 Å². The van der Waals surface area contributed by atoms with Crippen molar-refractivity contribution in [2.24, 2.45) is 0 Å². The summed E-state index contributed by atoms with van der Waals surface area (Å²) in [4.78, 5) is 33.3. The third-order valence-corrected chi connectivity index (χ3v) is 6.69. The Hall–Kier alpha value is -3.64. The standard InChI is InChI=1S/C28H27ClN4O2/c29-21-12-13-23-25(17-21)33(22-9-4-3-5-10-22)19-20(26(23)34)18-31-28(35)24-11-8-14-30-27(24)32-15-6-1-2-7-16-32/h3-5,8-14,17,19H,1-2,6-7,15-16,18H2,(H,31,35). The van der Waals surface area contributed by atoms with Gasteiger partial charge >= 0.3 is 0 Å². The van der Waals surface area contributed by atoms with E-state index >= 15 is 0 Å². The molecule has 5 rings (SSSR count). The zero-order valence-electron chi connectivity index (χ0n) is 19.4. The molecule has 0 spiro atoms. The Bertz CT molecular complexity index is 1410. The number of carbonyl (C=O) groups excluding carboxylic acids is 1. The predicted octanol–water partition coefficient (Wildman–Crippen LogP) is 5.35. The number of hydrogen-bond donors (Lipinski definition) is 1. The van der Waals surface area contributed by atoms with Crippen LogP contribution in [0.2, 0.25) is 5.02 Å². The summed E-state index contributed by atoms with van der Waals surface area (Å²) in [6, 6.07) is 18.6. The van der Waals surface area contributed by atoms with E-state index in [9.17, 15) is 9.59 Å². The van der Waals surface area contributed by atoms with Crippen LogP contribution in [0.3, 0.4) is 0 Å². The number of fused-ring (bicyclic) bond motifs is 1. The molecule has 0 bridgehead atoms. The third kappa shape index (κ3) is 4.93. The minimum atomic E-state index is -0.237. The van der Waals surface area contributed by atoms with Crippen LogP contribution in [0.25, 0.3) is 16.6 Å². The molecule has 6 nitrogen and oxygen atoms in total. The van der Waals surface area contributed by atoms with E-state index in [-0.39, 0.29) is 17.9 Å². The van der Waals surface area contributed by atoms with Gasteiger partial charge < -0.3 is 14.8 Å². The molecule has 1 fully saturated rings. The topological polar surface area (TPSA) is 67.2 Å². The SMILES string of the molecule is O=C(NCc1cn(-c2ccccc2)c2cc(Cl)ccc2c1=O)c1cccnc1N1CCCCCC1. The molecule has 4 aromatic rings. The first-order chi connectivity index (χ1) is 17.1. The number of nitrogens with zero attached hydrogens (tertiary/aromatic N) is 3. The molecule has 1 aliphatic rings. The molecule has 0 saturated carbocycles. The van der Waals surface area contributed by atoms with Crippen LogP contribution in [0.15, 0.2) is 77.9 Å². The number of pyridine rings is 2. The van der Waals surface area contributed by atoms with Gasteiger partial charge in [-0.1, -0.05) is 42.6 Å². The Kier molecular flexibility index (Phi) is 6.82. The molecule has 0 aliphatic carbocycles. The molecule has 1 aliphatic heterocycles. The van der Waals surface area contributed by atoms with E-state index in [1.807, 2.05) is 34.9 Å². The lowest BCUT2D eigenvalue weighted by atomic mass is 10.1. The van der Waals surface area contributed by atoms with Crippen molar-refractivity contribution in [3.63, 3.8) is 0 Å². The van der Waals surface area contributed by atoms with Gasteiger partial charge in [0.2, 0.25) is 0 Å². The van der Waals surface area contributed by atoms with Gasteiger partial charge in [-0.25, -0.2) is 4.98 Å². The van der Waals surface area contributed by atoms with Gasteiger partial charge in [0.15, 0.2) is 5.43 Å². The van der Waals surface area contributed by atoms with Crippen LogP contribution in [0.4, 0.5) is 5.82 Å². The Morgan fingerprint density at radius 3 is 2.51 bits per heavy atom. The Morgan fingerprint density at radius 2 is 1.74 bits per heavy atom. The quantitative estimate of drug-likeness (QED) is 0.413. The summed E-state index contributed by atoms with van der Waals surface area (Å²) in [7, 11) is 0. The average molecular weight is 487 g/mol. The van der Waals surface area contributed by atoms with Crippen molar-refractivity contribution in [1.82, 2.24) is 14.9 Å². The zero-order chi connectivity index (χ0) is 24.2. The number of rotatable bonds is 5. The van der Waals surface area contributed by atoms with Gasteiger partial charge in [-0.15, -0.1) is 0 Å². The molecule has 1 saturated heterocycles. The maximum atomic E-state index is 13.3. The monoisotopic (exact) mass is 486 g/mol. The number of para-hydroxylation sites is 1. The lowest BCUT2D eigenvalue weighted by molar-refractivity contribution is 0.0951. The largest absolute Gasteiger partial charge is 0.356 e. The minimum Gasteiger partial charge on any atom is -0.356 e. The lowest BCUT2D eigenvalue weighted by Gasteiger charge is -2.23. The minimum absolute atomic E-state index is 0.109. The molecule has 0 unspecified atom stereocenters. The first-order valence-corrected chi connectivity index (χ1v) is 12.4. The fourth-order valence-electron chi connectivity index (χ4n) is 4.66. The van der Waals surface area contributed by atoms with Gasteiger partial charge in [-0.3, -0.25) is 9.59 Å². The second-order valence-corrected chi connectivity index (χ2v) is 9.25. The molecule has 2 aromatic heterocycles. The number of hydrogen-bond acceptors (Lipinski definition) is 4. The summed E-state index contributed by atoms with van der Waals surface area (Å²) >= 11 is 6.25. The normalized spacial score (nSPS) is 14.0. The van der Waals surface area contributed by atoms with E-state index in [4.69, 9.17) is 11.6 Å². The summed E-state index contributed by atoms with van der Waals surface area (Å²) in [5, 5.41) is 4.07. The number of amides is 1. The van der Waals surface area contributed by atoms with Crippen molar-refractivity contribution in [3.8, 4) is 5.69 Å². The highest BCUT2D eigenvalue weighted by Crippen LogP contribution is 2.23. The van der Waals surface area contributed by atoms with Crippen molar-refractivity contribution < 1.29 is 4.79 Å². The van der Waals surface area contributed by atoms with E-state index in [1.165, 1.54) is 12.8 Å². The molecule has 35 heavy (non-hydrogen) atoms. The van der Waals surface area contributed by atoms with Gasteiger partial charge in [0, 0.05) is 53.7 Å². The van der Waals surface area contributed by atoms with Crippen molar-refractivity contribution in [1.29, 1.82) is 0 Å². The van der Waals surface area contributed by atoms with Crippen molar-refractivity contribution in [2.75, 3.05) is 18.0 Å². The van der Waals surface area contributed by atoms with Crippen LogP contribution in [-0.4, -0.2) is 28.5 Å². The van der Waals surface area contributed by atoms with Gasteiger partial charge in [-0.05, 0) is 55.3 Å². The highest BCUT2D eigenvalue weighted by molar-refractivity contribution is 6.31. The average Bonchev–Trinajstić information content (AvgIpc) is 3.18. The van der Waals surface area contributed by atoms with Crippen molar-refractivity contribution >= 4 is 34.2 Å². The van der Waals surface area contributed by atoms with E-state index < -0.39 is 0 Å². The second kappa shape index (κ2) is 10.3. The number of halogens is 1. The summed E-state index contributed by atoms with van der Waals surface area (Å²) < 4.78 is 1.94. The highest BCUT2D eigenvalue weighted by atomic mass is 35.5. The zero-order valence-corrected chi connectivity index (χ0v) is 20.2. The molecular formula is C28H27ClN4O2. The number of aromatic nitrogens is 2. The molecule has 2 aromatic carbocycles. The molecule has 0 atom stereocenters. The second-order valence-electron chi connectivity index (χ2n) is 8.81. The van der Waals surface area contributed by atoms with Crippen molar-refractivity contribution in [2.45, 2.75) is 32.2 Å². The van der Waals surface area contributed by atoms with Crippen LogP contribution < -0.4 is 15.6 Å². The fraction of sp³-hybridized carbons (Fsp3) is 0.250. The molecule has 178 valence electrons. The number of anilines is 1. The molecular weight excluding hydrogens is 460 g/mol. The van der Waals surface area contributed by atoms with Gasteiger partial charge in [-0.2, -0.15) is 0 Å². The van der Waals surface area contributed by atoms with Crippen LogP contribution in [0.1, 0.15) is 41.6 Å². The molecule has 1 N–H and O–H groups in total. The van der Waals surface area contributed by atoms with E-state index in [1.54, 1.807) is 42.7 Å². The maximum absolute atomic E-state index is 13.3. The van der Waals surface area contributed by atoms with Gasteiger partial charge in [0.1, 0.15) is 5.82 Å². The Morgan fingerprint density at radius 1 is 0.971 bits per heavy atom. The van der Waals surface area contributed by atoms with Crippen molar-refractivity contribution in [3.05, 3.63) is 99.4 Å². The van der Waals surface area contributed by atoms with Crippen LogP contribution in [-0.2, 0) is 6.54 Å². The van der Waals surface area contributed by atoms with Crippen LogP contribution in [0.5, 0.6) is 0 Å². The maximum Gasteiger partial charge on any atom is 0.255 e. The predicted molar refractivity (Wildman–Crippen MR) is 141 cm³/mol. The molecule has 3 heterocycles. The Balaban J connectivity index is 1.46. The van der Waals surface area contributed by atoms with Gasteiger partial charge in [0.05, 0.1) is 11.1 Å². The molecule has 0 radical (unpaired) electrons. The van der Waals surface area contributed by atoms with Crippen LogP contribution in [0, 0.1) is 0 Å². The van der Waals surface area contributed by atoms with Crippen LogP contribution >= 0.6 is 11.6 Å². The smallest absolute Gasteiger partial charge is 0.255 e. The summed E-state index contributed by atoms with van der Waals surface area (Å²) in [5.74, 6) is 0.473. The first kappa shape index (κ1) is 23.1. The number of benzene rings is 2. The first-order valence-electron chi connectivity index (χ1n) is 12.0. The fourth-order valence-corrected chi connectivity index (χ4v) is 4.83. The number of nitrogens with one attached hydrogen (secondary N) is 1. The van der Waals surface area contributed by atoms with Gasteiger partial charge in [0.25, 0.3) is 5.91 Å². The van der Waals surface area contributed by atoms with E-state index in [0.717, 1.165) is 37.1 Å². The Labute approximate surface area is 209 Å². The molecule has 1 amide bonds. The third-order valence-electron chi connectivity index (χ3n) is 6.45. The summed E-state index contributed by atoms with van der Waals surface area (Å²) in [6.45, 7) is 1.90. The van der Waals surface area contributed by atoms with E-state index in [0.29, 0.717) is 27.4 Å². The lowest BCUT2D eigenvalue weighted by Crippen LogP contribution is -2.31. The number of carbonyl (C=O) groups is 1. The molecule has 7 heteroatoms. The summed E-state index contributed by atoms with van der Waals surface area (Å²) in [6.07, 6.45) is 8.10.